The van der Waals surface area contributed by atoms with Crippen LogP contribution >= 0.6 is 0 Å². The van der Waals surface area contributed by atoms with Crippen LogP contribution < -0.4 is 10.6 Å². The van der Waals surface area contributed by atoms with E-state index >= 15 is 0 Å². The molecule has 0 fully saturated rings. The second-order valence-electron chi connectivity index (χ2n) is 6.02. The number of hydrogen-bond donors (Lipinski definition) is 2. The van der Waals surface area contributed by atoms with Crippen LogP contribution in [0.15, 0.2) is 24.3 Å². The summed E-state index contributed by atoms with van der Waals surface area (Å²) in [5.74, 6) is 0.00287. The normalized spacial score (nSPS) is 13.2. The molecule has 2 N–H and O–H groups in total. The molecule has 0 aliphatic rings. The highest BCUT2D eigenvalue weighted by Crippen LogP contribution is 2.12. The van der Waals surface area contributed by atoms with Crippen molar-refractivity contribution in [3.63, 3.8) is 0 Å². The summed E-state index contributed by atoms with van der Waals surface area (Å²) in [4.78, 5) is 11.9. The second kappa shape index (κ2) is 6.01. The molecule has 0 saturated heterocycles. The van der Waals surface area contributed by atoms with Crippen molar-refractivity contribution in [2.45, 2.75) is 40.7 Å². The van der Waals surface area contributed by atoms with Gasteiger partial charge in [-0.25, -0.2) is 0 Å². The first-order valence-electron chi connectivity index (χ1n) is 6.39. The molecule has 0 aliphatic carbocycles. The maximum Gasteiger partial charge on any atom is 0.241 e. The monoisotopic (exact) mass is 248 g/mol. The number of hydrogen-bond acceptors (Lipinski definition) is 2. The topological polar surface area (TPSA) is 41.1 Å². The molecular formula is C15H24N2O. The van der Waals surface area contributed by atoms with Gasteiger partial charge >= 0.3 is 0 Å². The van der Waals surface area contributed by atoms with Crippen molar-refractivity contribution >= 4 is 11.6 Å². The van der Waals surface area contributed by atoms with Crippen LogP contribution in [0, 0.1) is 12.3 Å². The van der Waals surface area contributed by atoms with E-state index in [1.807, 2.05) is 38.1 Å². The highest BCUT2D eigenvalue weighted by Gasteiger charge is 2.16. The summed E-state index contributed by atoms with van der Waals surface area (Å²) in [5.41, 5.74) is 2.21. The molecule has 0 radical (unpaired) electrons. The second-order valence-corrected chi connectivity index (χ2v) is 6.02. The van der Waals surface area contributed by atoms with Crippen LogP contribution in [0.2, 0.25) is 0 Å². The van der Waals surface area contributed by atoms with Gasteiger partial charge in [-0.05, 0) is 31.4 Å². The van der Waals surface area contributed by atoms with E-state index in [0.29, 0.717) is 0 Å². The summed E-state index contributed by atoms with van der Waals surface area (Å²) in [6.45, 7) is 11.2. The molecule has 100 valence electrons. The molecule has 0 heterocycles. The number of anilines is 1. The molecule has 1 atom stereocenters. The van der Waals surface area contributed by atoms with Crippen molar-refractivity contribution in [1.82, 2.24) is 5.32 Å². The molecule has 0 saturated carbocycles. The Labute approximate surface area is 110 Å². The Bertz CT molecular complexity index is 390. The van der Waals surface area contributed by atoms with Crippen LogP contribution in [0.25, 0.3) is 0 Å². The van der Waals surface area contributed by atoms with E-state index in [-0.39, 0.29) is 17.4 Å². The SMILES string of the molecule is Cc1ccc(NC(=O)C(C)NCC(C)(C)C)cc1. The Morgan fingerprint density at radius 2 is 1.78 bits per heavy atom. The highest BCUT2D eigenvalue weighted by molar-refractivity contribution is 5.94. The van der Waals surface area contributed by atoms with Gasteiger partial charge in [0.15, 0.2) is 0 Å². The highest BCUT2D eigenvalue weighted by atomic mass is 16.2. The minimum Gasteiger partial charge on any atom is -0.325 e. The molecule has 0 aliphatic heterocycles. The molecule has 3 heteroatoms. The Morgan fingerprint density at radius 3 is 2.28 bits per heavy atom. The number of rotatable bonds is 4. The molecule has 18 heavy (non-hydrogen) atoms. The fourth-order valence-electron chi connectivity index (χ4n) is 1.44. The lowest BCUT2D eigenvalue weighted by atomic mass is 9.96. The molecular weight excluding hydrogens is 224 g/mol. The fourth-order valence-corrected chi connectivity index (χ4v) is 1.44. The smallest absolute Gasteiger partial charge is 0.241 e. The van der Waals surface area contributed by atoms with E-state index in [0.717, 1.165) is 12.2 Å². The third-order valence-corrected chi connectivity index (χ3v) is 2.65. The van der Waals surface area contributed by atoms with Gasteiger partial charge < -0.3 is 10.6 Å². The number of aryl methyl sites for hydroxylation is 1. The van der Waals surface area contributed by atoms with Gasteiger partial charge in [0.05, 0.1) is 6.04 Å². The summed E-state index contributed by atoms with van der Waals surface area (Å²) in [5, 5.41) is 6.15. The zero-order valence-corrected chi connectivity index (χ0v) is 12.0. The third kappa shape index (κ3) is 5.32. The number of nitrogens with one attached hydrogen (secondary N) is 2. The van der Waals surface area contributed by atoms with Crippen LogP contribution in [-0.4, -0.2) is 18.5 Å². The predicted molar refractivity (Wildman–Crippen MR) is 76.7 cm³/mol. The molecule has 3 nitrogen and oxygen atoms in total. The lowest BCUT2D eigenvalue weighted by Gasteiger charge is -2.22. The summed E-state index contributed by atoms with van der Waals surface area (Å²) >= 11 is 0. The van der Waals surface area contributed by atoms with Gasteiger partial charge in [0.25, 0.3) is 0 Å². The molecule has 1 aromatic carbocycles. The Balaban J connectivity index is 2.47. The first-order chi connectivity index (χ1) is 8.28. The van der Waals surface area contributed by atoms with E-state index < -0.39 is 0 Å². The summed E-state index contributed by atoms with van der Waals surface area (Å²) in [6, 6.07) is 7.63. The first kappa shape index (κ1) is 14.7. The number of amides is 1. The van der Waals surface area contributed by atoms with Gasteiger partial charge in [0, 0.05) is 12.2 Å². The van der Waals surface area contributed by atoms with E-state index in [1.54, 1.807) is 0 Å². The lowest BCUT2D eigenvalue weighted by molar-refractivity contribution is -0.117. The van der Waals surface area contributed by atoms with Crippen molar-refractivity contribution in [3.8, 4) is 0 Å². The zero-order valence-electron chi connectivity index (χ0n) is 12.0. The van der Waals surface area contributed by atoms with Crippen LogP contribution in [-0.2, 0) is 4.79 Å². The van der Waals surface area contributed by atoms with Gasteiger partial charge in [0.2, 0.25) is 5.91 Å². The summed E-state index contributed by atoms with van der Waals surface area (Å²) in [7, 11) is 0. The van der Waals surface area contributed by atoms with Crippen LogP contribution in [0.3, 0.4) is 0 Å². The molecule has 1 rings (SSSR count). The van der Waals surface area contributed by atoms with Crippen molar-refractivity contribution in [1.29, 1.82) is 0 Å². The minimum atomic E-state index is -0.189. The van der Waals surface area contributed by atoms with Crippen LogP contribution in [0.4, 0.5) is 5.69 Å². The third-order valence-electron chi connectivity index (χ3n) is 2.65. The first-order valence-corrected chi connectivity index (χ1v) is 6.39. The van der Waals surface area contributed by atoms with Crippen molar-refractivity contribution in [3.05, 3.63) is 29.8 Å². The minimum absolute atomic E-state index is 0.00287. The van der Waals surface area contributed by atoms with E-state index in [4.69, 9.17) is 0 Å². The molecule has 0 aromatic heterocycles. The van der Waals surface area contributed by atoms with Gasteiger partial charge in [-0.1, -0.05) is 38.5 Å². The molecule has 0 spiro atoms. The molecule has 1 aromatic rings. The zero-order chi connectivity index (χ0) is 13.8. The van der Waals surface area contributed by atoms with Gasteiger partial charge in [0.1, 0.15) is 0 Å². The van der Waals surface area contributed by atoms with Gasteiger partial charge in [-0.3, -0.25) is 4.79 Å². The molecule has 0 bridgehead atoms. The number of carbonyl (C=O) groups excluding carboxylic acids is 1. The number of benzene rings is 1. The average Bonchev–Trinajstić information content (AvgIpc) is 2.28. The fraction of sp³-hybridized carbons (Fsp3) is 0.533. The van der Waals surface area contributed by atoms with E-state index in [2.05, 4.69) is 31.4 Å². The average molecular weight is 248 g/mol. The largest absolute Gasteiger partial charge is 0.325 e. The van der Waals surface area contributed by atoms with Gasteiger partial charge in [-0.15, -0.1) is 0 Å². The Hall–Kier alpha value is -1.35. The van der Waals surface area contributed by atoms with Gasteiger partial charge in [-0.2, -0.15) is 0 Å². The molecule has 1 unspecified atom stereocenters. The predicted octanol–water partition coefficient (Wildman–Crippen LogP) is 2.96. The maximum atomic E-state index is 11.9. The van der Waals surface area contributed by atoms with E-state index in [9.17, 15) is 4.79 Å². The summed E-state index contributed by atoms with van der Waals surface area (Å²) in [6.07, 6.45) is 0. The molecule has 1 amide bonds. The summed E-state index contributed by atoms with van der Waals surface area (Å²) < 4.78 is 0. The van der Waals surface area contributed by atoms with E-state index in [1.165, 1.54) is 5.56 Å². The van der Waals surface area contributed by atoms with Crippen LogP contribution in [0.1, 0.15) is 33.3 Å². The van der Waals surface area contributed by atoms with Crippen LogP contribution in [0.5, 0.6) is 0 Å². The maximum absolute atomic E-state index is 11.9. The Kier molecular flexibility index (Phi) is 4.91. The van der Waals surface area contributed by atoms with Crippen molar-refractivity contribution in [2.24, 2.45) is 5.41 Å². The lowest BCUT2D eigenvalue weighted by Crippen LogP contribution is -2.41. The quantitative estimate of drug-likeness (QED) is 0.860. The Morgan fingerprint density at radius 1 is 1.22 bits per heavy atom. The number of carbonyl (C=O) groups is 1. The standard InChI is InChI=1S/C15H24N2O/c1-11-6-8-13(9-7-11)17-14(18)12(2)16-10-15(3,4)5/h6-9,12,16H,10H2,1-5H3,(H,17,18). The van der Waals surface area contributed by atoms with Crippen molar-refractivity contribution in [2.75, 3.05) is 11.9 Å². The van der Waals surface area contributed by atoms with Crippen molar-refractivity contribution < 1.29 is 4.79 Å².